The van der Waals surface area contributed by atoms with E-state index in [1.54, 1.807) is 6.92 Å². The molecule has 16 heavy (non-hydrogen) atoms. The molecule has 1 aliphatic rings. The van der Waals surface area contributed by atoms with Crippen molar-refractivity contribution >= 4 is 0 Å². The van der Waals surface area contributed by atoms with Gasteiger partial charge in [0.1, 0.15) is 5.82 Å². The minimum atomic E-state index is -2.55. The van der Waals surface area contributed by atoms with E-state index >= 15 is 0 Å². The van der Waals surface area contributed by atoms with Gasteiger partial charge in [-0.1, -0.05) is 0 Å². The third-order valence-electron chi connectivity index (χ3n) is 2.86. The van der Waals surface area contributed by atoms with Crippen molar-refractivity contribution in [3.63, 3.8) is 0 Å². The Kier molecular flexibility index (Phi) is 2.94. The lowest BCUT2D eigenvalue weighted by Gasteiger charge is -2.18. The molecule has 0 radical (unpaired) electrons. The van der Waals surface area contributed by atoms with E-state index in [1.807, 2.05) is 4.90 Å². The molecular weight excluding hydrogens is 216 g/mol. The van der Waals surface area contributed by atoms with E-state index in [2.05, 4.69) is 4.98 Å². The second kappa shape index (κ2) is 4.10. The van der Waals surface area contributed by atoms with Crippen LogP contribution >= 0.6 is 0 Å². The number of nitrogens with zero attached hydrogens (tertiary/aromatic N) is 3. The van der Waals surface area contributed by atoms with Gasteiger partial charge in [-0.15, -0.1) is 0 Å². The first-order valence-electron chi connectivity index (χ1n) is 5.22. The van der Waals surface area contributed by atoms with Gasteiger partial charge in [0.2, 0.25) is 0 Å². The van der Waals surface area contributed by atoms with Crippen LogP contribution in [0.3, 0.4) is 0 Å². The van der Waals surface area contributed by atoms with Gasteiger partial charge in [-0.25, -0.2) is 4.98 Å². The lowest BCUT2D eigenvalue weighted by atomic mass is 10.1. The zero-order valence-corrected chi connectivity index (χ0v) is 9.11. The molecule has 2 heterocycles. The molecule has 1 N–H and O–H groups in total. The summed E-state index contributed by atoms with van der Waals surface area (Å²) in [6.07, 6.45) is 3.31. The number of hydrogen-bond donors (Lipinski definition) is 1. The highest BCUT2D eigenvalue weighted by Gasteiger charge is 2.31. The Bertz CT molecular complexity index is 365. The minimum Gasteiger partial charge on any atom is -0.389 e. The third-order valence-corrected chi connectivity index (χ3v) is 2.86. The van der Waals surface area contributed by atoms with Gasteiger partial charge in [0.05, 0.1) is 12.1 Å². The Hall–Kier alpha value is -1.01. The standard InChI is InChI=1S/C10H15F2N3O/c1-10(16)2-4-14(7-10)6-8-13-3-5-15(8)9(11)12/h3,5,9,16H,2,4,6-7H2,1H3. The number of aromatic nitrogens is 2. The quantitative estimate of drug-likeness (QED) is 0.850. The molecule has 1 aliphatic heterocycles. The van der Waals surface area contributed by atoms with Gasteiger partial charge >= 0.3 is 6.55 Å². The molecule has 1 fully saturated rings. The van der Waals surface area contributed by atoms with Crippen LogP contribution in [0.2, 0.25) is 0 Å². The molecule has 1 unspecified atom stereocenters. The topological polar surface area (TPSA) is 41.3 Å². The molecule has 1 aromatic heterocycles. The molecule has 1 atom stereocenters. The fraction of sp³-hybridized carbons (Fsp3) is 0.700. The summed E-state index contributed by atoms with van der Waals surface area (Å²) in [5, 5.41) is 9.75. The van der Waals surface area contributed by atoms with Crippen molar-refractivity contribution in [1.29, 1.82) is 0 Å². The number of aliphatic hydroxyl groups is 1. The van der Waals surface area contributed by atoms with Gasteiger partial charge < -0.3 is 5.11 Å². The molecule has 0 spiro atoms. The van der Waals surface area contributed by atoms with Crippen LogP contribution < -0.4 is 0 Å². The molecular formula is C10H15F2N3O. The van der Waals surface area contributed by atoms with Crippen molar-refractivity contribution in [2.24, 2.45) is 0 Å². The Morgan fingerprint density at radius 3 is 2.94 bits per heavy atom. The molecule has 0 aromatic carbocycles. The summed E-state index contributed by atoms with van der Waals surface area (Å²) in [4.78, 5) is 5.84. The lowest BCUT2D eigenvalue weighted by molar-refractivity contribution is 0.0584. The van der Waals surface area contributed by atoms with Crippen LogP contribution in [0.25, 0.3) is 0 Å². The molecule has 1 aromatic rings. The summed E-state index contributed by atoms with van der Waals surface area (Å²) < 4.78 is 25.9. The van der Waals surface area contributed by atoms with Crippen molar-refractivity contribution in [3.05, 3.63) is 18.2 Å². The molecule has 2 rings (SSSR count). The van der Waals surface area contributed by atoms with Crippen LogP contribution in [-0.4, -0.2) is 38.2 Å². The fourth-order valence-corrected chi connectivity index (χ4v) is 2.02. The van der Waals surface area contributed by atoms with E-state index in [-0.39, 0.29) is 0 Å². The van der Waals surface area contributed by atoms with Crippen LogP contribution in [0.1, 0.15) is 25.7 Å². The van der Waals surface area contributed by atoms with E-state index in [0.29, 0.717) is 31.9 Å². The number of likely N-dealkylation sites (tertiary alicyclic amines) is 1. The monoisotopic (exact) mass is 231 g/mol. The van der Waals surface area contributed by atoms with Gasteiger partial charge in [-0.05, 0) is 13.3 Å². The molecule has 0 bridgehead atoms. The summed E-state index contributed by atoms with van der Waals surface area (Å²) in [5.41, 5.74) is -0.706. The van der Waals surface area contributed by atoms with E-state index in [0.717, 1.165) is 4.57 Å². The first kappa shape index (κ1) is 11.5. The summed E-state index contributed by atoms with van der Waals surface area (Å²) >= 11 is 0. The highest BCUT2D eigenvalue weighted by molar-refractivity contribution is 4.95. The average Bonchev–Trinajstić information content (AvgIpc) is 2.73. The molecule has 4 nitrogen and oxygen atoms in total. The number of alkyl halides is 2. The Labute approximate surface area is 92.5 Å². The highest BCUT2D eigenvalue weighted by atomic mass is 19.3. The summed E-state index contributed by atoms with van der Waals surface area (Å²) in [7, 11) is 0. The molecule has 0 amide bonds. The number of halogens is 2. The van der Waals surface area contributed by atoms with Gasteiger partial charge in [0.15, 0.2) is 0 Å². The van der Waals surface area contributed by atoms with Gasteiger partial charge in [0, 0.05) is 25.5 Å². The maximum Gasteiger partial charge on any atom is 0.319 e. The maximum absolute atomic E-state index is 12.5. The number of imidazole rings is 1. The fourth-order valence-electron chi connectivity index (χ4n) is 2.02. The number of rotatable bonds is 3. The SMILES string of the molecule is CC1(O)CCN(Cc2nccn2C(F)F)C1. The van der Waals surface area contributed by atoms with Crippen molar-refractivity contribution < 1.29 is 13.9 Å². The Morgan fingerprint density at radius 2 is 2.38 bits per heavy atom. The Balaban J connectivity index is 2.02. The third kappa shape index (κ3) is 2.38. The Morgan fingerprint density at radius 1 is 1.62 bits per heavy atom. The summed E-state index contributed by atoms with van der Waals surface area (Å²) in [5.74, 6) is 0.340. The van der Waals surface area contributed by atoms with E-state index in [4.69, 9.17) is 0 Å². The first-order chi connectivity index (χ1) is 7.48. The first-order valence-corrected chi connectivity index (χ1v) is 5.22. The highest BCUT2D eigenvalue weighted by Crippen LogP contribution is 2.22. The summed E-state index contributed by atoms with van der Waals surface area (Å²) in [6, 6.07) is 0. The van der Waals surface area contributed by atoms with Gasteiger partial charge in [-0.2, -0.15) is 8.78 Å². The van der Waals surface area contributed by atoms with Crippen molar-refractivity contribution in [3.8, 4) is 0 Å². The largest absolute Gasteiger partial charge is 0.389 e. The normalized spacial score (nSPS) is 26.8. The van der Waals surface area contributed by atoms with Crippen molar-refractivity contribution in [1.82, 2.24) is 14.5 Å². The molecule has 0 saturated carbocycles. The van der Waals surface area contributed by atoms with Gasteiger partial charge in [0.25, 0.3) is 0 Å². The maximum atomic E-state index is 12.5. The van der Waals surface area contributed by atoms with Crippen LogP contribution in [-0.2, 0) is 6.54 Å². The zero-order chi connectivity index (χ0) is 11.8. The second-order valence-corrected chi connectivity index (χ2v) is 4.49. The smallest absolute Gasteiger partial charge is 0.319 e. The summed E-state index contributed by atoms with van der Waals surface area (Å²) in [6.45, 7) is 0.771. The van der Waals surface area contributed by atoms with Gasteiger partial charge in [-0.3, -0.25) is 9.47 Å². The van der Waals surface area contributed by atoms with E-state index in [9.17, 15) is 13.9 Å². The van der Waals surface area contributed by atoms with Crippen LogP contribution in [0.4, 0.5) is 8.78 Å². The van der Waals surface area contributed by atoms with E-state index in [1.165, 1.54) is 12.4 Å². The lowest BCUT2D eigenvalue weighted by Crippen LogP contribution is -2.30. The second-order valence-electron chi connectivity index (χ2n) is 4.49. The van der Waals surface area contributed by atoms with Crippen molar-refractivity contribution in [2.75, 3.05) is 13.1 Å². The molecule has 0 aliphatic carbocycles. The predicted octanol–water partition coefficient (Wildman–Crippen LogP) is 1.23. The van der Waals surface area contributed by atoms with Crippen molar-refractivity contribution in [2.45, 2.75) is 32.0 Å². The minimum absolute atomic E-state index is 0.340. The number of β-amino-alcohol motifs (C(OH)–C–C–N with tert-alkyl or cyclic N) is 1. The molecule has 6 heteroatoms. The predicted molar refractivity (Wildman–Crippen MR) is 54.0 cm³/mol. The van der Waals surface area contributed by atoms with Crippen LogP contribution in [0, 0.1) is 0 Å². The zero-order valence-electron chi connectivity index (χ0n) is 9.11. The van der Waals surface area contributed by atoms with Crippen LogP contribution in [0.15, 0.2) is 12.4 Å². The molecule has 1 saturated heterocycles. The van der Waals surface area contributed by atoms with E-state index < -0.39 is 12.2 Å². The van der Waals surface area contributed by atoms with Crippen LogP contribution in [0.5, 0.6) is 0 Å². The number of hydrogen-bond acceptors (Lipinski definition) is 3. The average molecular weight is 231 g/mol. The molecule has 90 valence electrons.